The number of nitrogens with two attached hydrogens (primary N) is 2. The van der Waals surface area contributed by atoms with Crippen LogP contribution in [-0.2, 0) is 6.54 Å². The van der Waals surface area contributed by atoms with Crippen LogP contribution in [0.1, 0.15) is 33.8 Å². The minimum Gasteiger partial charge on any atom is -0.397 e. The lowest BCUT2D eigenvalue weighted by molar-refractivity contribution is 0.0941. The number of hydrogen-bond acceptors (Lipinski definition) is 8. The van der Waals surface area contributed by atoms with Gasteiger partial charge in [0.05, 0.1) is 28.3 Å². The van der Waals surface area contributed by atoms with Crippen molar-refractivity contribution in [3.63, 3.8) is 0 Å². The highest BCUT2D eigenvalue weighted by Gasteiger charge is 2.21. The minimum absolute atomic E-state index is 0.139. The normalized spacial score (nSPS) is 11.9. The van der Waals surface area contributed by atoms with Crippen LogP contribution in [0, 0.1) is 11.6 Å². The molecule has 0 fully saturated rings. The van der Waals surface area contributed by atoms with Gasteiger partial charge in [-0.1, -0.05) is 12.1 Å². The van der Waals surface area contributed by atoms with Gasteiger partial charge in [0.2, 0.25) is 0 Å². The second kappa shape index (κ2) is 10.9. The van der Waals surface area contributed by atoms with E-state index in [4.69, 9.17) is 11.5 Å². The van der Waals surface area contributed by atoms with Crippen molar-refractivity contribution in [2.24, 2.45) is 0 Å². The molecule has 0 saturated carbocycles. The molecule has 6 N–H and O–H groups in total. The Morgan fingerprint density at radius 3 is 2.67 bits per heavy atom. The van der Waals surface area contributed by atoms with Crippen molar-refractivity contribution >= 4 is 61.4 Å². The highest BCUT2D eigenvalue weighted by atomic mass is 79.9. The number of pyridine rings is 1. The van der Waals surface area contributed by atoms with E-state index < -0.39 is 23.6 Å². The van der Waals surface area contributed by atoms with Crippen LogP contribution in [-0.4, -0.2) is 20.9 Å². The van der Waals surface area contributed by atoms with Gasteiger partial charge in [-0.05, 0) is 70.4 Å². The van der Waals surface area contributed by atoms with E-state index in [1.54, 1.807) is 18.3 Å². The Balaban J connectivity index is 1.34. The third-order valence-electron chi connectivity index (χ3n) is 6.13. The molecule has 1 amide bonds. The second-order valence-electron chi connectivity index (χ2n) is 8.72. The van der Waals surface area contributed by atoms with E-state index in [1.165, 1.54) is 18.6 Å². The fourth-order valence-corrected chi connectivity index (χ4v) is 5.27. The number of carbonyl (C=O) groups excluding carboxylic acids is 1. The third-order valence-corrected chi connectivity index (χ3v) is 7.90. The van der Waals surface area contributed by atoms with Crippen molar-refractivity contribution in [2.75, 3.05) is 16.8 Å². The molecule has 0 aliphatic carbocycles. The molecule has 5 aromatic rings. The van der Waals surface area contributed by atoms with E-state index in [1.807, 2.05) is 30.3 Å². The van der Waals surface area contributed by atoms with Gasteiger partial charge in [0.1, 0.15) is 23.5 Å². The van der Waals surface area contributed by atoms with Crippen LogP contribution in [0.4, 0.5) is 26.1 Å². The Morgan fingerprint density at radius 2 is 1.87 bits per heavy atom. The first kappa shape index (κ1) is 26.4. The largest absolute Gasteiger partial charge is 0.397 e. The van der Waals surface area contributed by atoms with Gasteiger partial charge < -0.3 is 22.1 Å². The van der Waals surface area contributed by atoms with Crippen molar-refractivity contribution in [1.29, 1.82) is 0 Å². The average molecular weight is 610 g/mol. The van der Waals surface area contributed by atoms with Gasteiger partial charge in [-0.25, -0.2) is 23.7 Å². The van der Waals surface area contributed by atoms with E-state index in [-0.39, 0.29) is 17.1 Å². The first-order chi connectivity index (χ1) is 18.7. The number of nitrogen functional groups attached to an aromatic ring is 2. The van der Waals surface area contributed by atoms with Crippen LogP contribution in [0.15, 0.2) is 65.5 Å². The number of halogens is 3. The molecule has 0 spiro atoms. The number of rotatable bonds is 7. The van der Waals surface area contributed by atoms with Crippen molar-refractivity contribution in [2.45, 2.75) is 19.5 Å². The number of anilines is 3. The summed E-state index contributed by atoms with van der Waals surface area (Å²) in [6, 6.07) is 12.7. The molecule has 198 valence electrons. The zero-order valence-electron chi connectivity index (χ0n) is 20.5. The number of thiophene rings is 1. The summed E-state index contributed by atoms with van der Waals surface area (Å²) in [5, 5.41) is 6.77. The molecule has 8 nitrogen and oxygen atoms in total. The number of carbonyl (C=O) groups is 1. The van der Waals surface area contributed by atoms with Gasteiger partial charge in [0, 0.05) is 21.3 Å². The highest BCUT2D eigenvalue weighted by Crippen LogP contribution is 2.33. The van der Waals surface area contributed by atoms with Gasteiger partial charge in [-0.2, -0.15) is 0 Å². The molecule has 0 bridgehead atoms. The first-order valence-corrected chi connectivity index (χ1v) is 13.3. The molecule has 1 atom stereocenters. The van der Waals surface area contributed by atoms with E-state index in [2.05, 4.69) is 41.5 Å². The quantitative estimate of drug-likeness (QED) is 0.176. The summed E-state index contributed by atoms with van der Waals surface area (Å²) in [4.78, 5) is 27.9. The van der Waals surface area contributed by atoms with Crippen LogP contribution >= 0.6 is 27.3 Å². The van der Waals surface area contributed by atoms with Crippen LogP contribution in [0.3, 0.4) is 0 Å². The number of aromatic nitrogens is 3. The highest BCUT2D eigenvalue weighted by molar-refractivity contribution is 9.10. The molecule has 0 saturated heterocycles. The van der Waals surface area contributed by atoms with E-state index >= 15 is 0 Å². The molecule has 0 aliphatic rings. The lowest BCUT2D eigenvalue weighted by Crippen LogP contribution is -2.29. The predicted molar refractivity (Wildman–Crippen MR) is 153 cm³/mol. The number of nitrogens with zero attached hydrogens (tertiary/aromatic N) is 3. The number of fused-ring (bicyclic) bond motifs is 1. The Hall–Kier alpha value is -4.16. The van der Waals surface area contributed by atoms with E-state index in [9.17, 15) is 13.6 Å². The second-order valence-corrected chi connectivity index (χ2v) is 10.7. The monoisotopic (exact) mass is 609 g/mol. The molecule has 0 unspecified atom stereocenters. The van der Waals surface area contributed by atoms with Crippen LogP contribution < -0.4 is 22.1 Å². The van der Waals surface area contributed by atoms with Crippen LogP contribution in [0.2, 0.25) is 0 Å². The van der Waals surface area contributed by atoms with Crippen molar-refractivity contribution in [1.82, 2.24) is 20.3 Å². The van der Waals surface area contributed by atoms with Gasteiger partial charge in [-0.3, -0.25) is 4.79 Å². The Labute approximate surface area is 234 Å². The molecular formula is C27H22BrF2N7OS. The van der Waals surface area contributed by atoms with Gasteiger partial charge >= 0.3 is 0 Å². The van der Waals surface area contributed by atoms with Gasteiger partial charge in [0.25, 0.3) is 5.91 Å². The Morgan fingerprint density at radius 1 is 1.05 bits per heavy atom. The molecular weight excluding hydrogens is 588 g/mol. The number of hydrogen-bond donors (Lipinski definition) is 4. The maximum absolute atomic E-state index is 13.7. The maximum Gasteiger partial charge on any atom is 0.257 e. The number of amides is 1. The predicted octanol–water partition coefficient (Wildman–Crippen LogP) is 6.06. The topological polar surface area (TPSA) is 132 Å². The van der Waals surface area contributed by atoms with Gasteiger partial charge in [-0.15, -0.1) is 11.3 Å². The smallest absolute Gasteiger partial charge is 0.257 e. The summed E-state index contributed by atoms with van der Waals surface area (Å²) in [7, 11) is 0. The Bertz CT molecular complexity index is 1710. The summed E-state index contributed by atoms with van der Waals surface area (Å²) in [5.41, 5.74) is 14.8. The molecule has 3 heterocycles. The lowest BCUT2D eigenvalue weighted by Gasteiger charge is -2.18. The zero-order chi connectivity index (χ0) is 27.7. The van der Waals surface area contributed by atoms with Crippen molar-refractivity contribution in [3.8, 4) is 10.4 Å². The van der Waals surface area contributed by atoms with Crippen LogP contribution in [0.5, 0.6) is 0 Å². The molecule has 3 aromatic heterocycles. The standard InChI is InChI=1S/C27H22BrF2N7OS/c1-13(14-2-5-19(29)20(30)9-14)37-27(38)23-24(31)18(28)11-34-26(23)33-10-16-4-7-22(39-16)15-3-6-21-17(8-15)25(32)36-12-35-21/h2-9,11-13H,10H2,1H3,(H,37,38)(H3,31,33,34)(H2,32,35,36)/t13-/m0/s1. The molecule has 0 aliphatic heterocycles. The van der Waals surface area contributed by atoms with E-state index in [0.29, 0.717) is 22.4 Å². The van der Waals surface area contributed by atoms with Crippen molar-refractivity contribution < 1.29 is 13.6 Å². The zero-order valence-corrected chi connectivity index (χ0v) is 22.9. The molecule has 12 heteroatoms. The molecule has 0 radical (unpaired) electrons. The number of benzene rings is 2. The van der Waals surface area contributed by atoms with E-state index in [0.717, 1.165) is 38.4 Å². The van der Waals surface area contributed by atoms with Crippen LogP contribution in [0.25, 0.3) is 21.3 Å². The lowest BCUT2D eigenvalue weighted by atomic mass is 10.1. The fraction of sp³-hybridized carbons (Fsp3) is 0.111. The summed E-state index contributed by atoms with van der Waals surface area (Å²) in [5.74, 6) is -1.75. The minimum atomic E-state index is -0.990. The molecule has 39 heavy (non-hydrogen) atoms. The summed E-state index contributed by atoms with van der Waals surface area (Å²) in [6.45, 7) is 2.05. The molecule has 5 rings (SSSR count). The SMILES string of the molecule is C[C@H](NC(=O)c1c(NCc2ccc(-c3ccc4ncnc(N)c4c3)s2)ncc(Br)c1N)c1ccc(F)c(F)c1. The average Bonchev–Trinajstić information content (AvgIpc) is 3.40. The third kappa shape index (κ3) is 5.52. The number of nitrogens with one attached hydrogen (secondary N) is 2. The Kier molecular flexibility index (Phi) is 7.40. The summed E-state index contributed by atoms with van der Waals surface area (Å²) in [6.07, 6.45) is 2.95. The summed E-state index contributed by atoms with van der Waals surface area (Å²) >= 11 is 4.89. The fourth-order valence-electron chi connectivity index (χ4n) is 4.03. The summed E-state index contributed by atoms with van der Waals surface area (Å²) < 4.78 is 27.5. The van der Waals surface area contributed by atoms with Crippen molar-refractivity contribution in [3.05, 3.63) is 93.2 Å². The first-order valence-electron chi connectivity index (χ1n) is 11.7. The molecule has 2 aromatic carbocycles. The maximum atomic E-state index is 13.7. The van der Waals surface area contributed by atoms with Gasteiger partial charge in [0.15, 0.2) is 11.6 Å².